The van der Waals surface area contributed by atoms with E-state index in [4.69, 9.17) is 11.6 Å². The highest BCUT2D eigenvalue weighted by Crippen LogP contribution is 2.30. The summed E-state index contributed by atoms with van der Waals surface area (Å²) in [7, 11) is -3.64. The lowest BCUT2D eigenvalue weighted by Crippen LogP contribution is -2.41. The van der Waals surface area contributed by atoms with E-state index in [0.717, 1.165) is 0 Å². The molecule has 0 atom stereocenters. The van der Waals surface area contributed by atoms with E-state index in [2.05, 4.69) is 15.0 Å². The third kappa shape index (κ3) is 5.20. The summed E-state index contributed by atoms with van der Waals surface area (Å²) in [5, 5.41) is 2.62. The average Bonchev–Trinajstić information content (AvgIpc) is 2.70. The van der Waals surface area contributed by atoms with Crippen molar-refractivity contribution in [1.29, 1.82) is 0 Å². The van der Waals surface area contributed by atoms with E-state index in [0.29, 0.717) is 18.5 Å². The zero-order chi connectivity index (χ0) is 21.0. The first kappa shape index (κ1) is 21.4. The molecule has 0 saturated carbocycles. The van der Waals surface area contributed by atoms with Crippen LogP contribution in [0.25, 0.3) is 0 Å². The van der Waals surface area contributed by atoms with Crippen LogP contribution in [0.1, 0.15) is 12.8 Å². The Kier molecular flexibility index (Phi) is 6.66. The van der Waals surface area contributed by atoms with E-state index < -0.39 is 16.6 Å². The average molecular weight is 446 g/mol. The van der Waals surface area contributed by atoms with Gasteiger partial charge in [-0.2, -0.15) is 13.1 Å². The van der Waals surface area contributed by atoms with Gasteiger partial charge in [0.25, 0.3) is 0 Å². The van der Waals surface area contributed by atoms with Gasteiger partial charge in [0.05, 0.1) is 5.02 Å². The van der Waals surface area contributed by atoms with Crippen molar-refractivity contribution in [2.24, 2.45) is 5.92 Å². The Labute approximate surface area is 171 Å². The minimum atomic E-state index is -3.64. The van der Waals surface area contributed by atoms with Gasteiger partial charge in [-0.25, -0.2) is 8.42 Å². The van der Waals surface area contributed by atoms with Crippen molar-refractivity contribution in [3.8, 4) is 5.75 Å². The molecule has 29 heavy (non-hydrogen) atoms. The van der Waals surface area contributed by atoms with Gasteiger partial charge < -0.3 is 10.1 Å². The fraction of sp³-hybridized carbons (Fsp3) is 0.333. The quantitative estimate of drug-likeness (QED) is 0.736. The van der Waals surface area contributed by atoms with E-state index in [1.54, 1.807) is 6.07 Å². The van der Waals surface area contributed by atoms with Gasteiger partial charge in [-0.15, -0.1) is 0 Å². The zero-order valence-electron chi connectivity index (χ0n) is 15.1. The smallest absolute Gasteiger partial charge is 0.387 e. The molecule has 1 aromatic heterocycles. The number of nitrogens with zero attached hydrogens (tertiary/aromatic N) is 2. The lowest BCUT2D eigenvalue weighted by molar-refractivity contribution is -0.120. The predicted molar refractivity (Wildman–Crippen MR) is 102 cm³/mol. The maximum Gasteiger partial charge on any atom is 0.387 e. The highest BCUT2D eigenvalue weighted by Gasteiger charge is 2.32. The number of sulfonamides is 1. The Morgan fingerprint density at radius 1 is 1.28 bits per heavy atom. The van der Waals surface area contributed by atoms with Crippen LogP contribution in [0.2, 0.25) is 5.02 Å². The molecular formula is C18H18ClF2N3O4S. The molecule has 2 aromatic rings. The number of benzene rings is 1. The Morgan fingerprint density at radius 2 is 2.00 bits per heavy atom. The van der Waals surface area contributed by atoms with E-state index in [1.165, 1.54) is 41.0 Å². The minimum absolute atomic E-state index is 0.0551. The molecule has 0 bridgehead atoms. The molecule has 1 aromatic carbocycles. The Balaban J connectivity index is 1.58. The molecule has 1 N–H and O–H groups in total. The van der Waals surface area contributed by atoms with E-state index in [-0.39, 0.29) is 40.6 Å². The number of ether oxygens (including phenoxy) is 1. The third-order valence-corrected chi connectivity index (χ3v) is 6.69. The number of piperidine rings is 1. The molecular weight excluding hydrogens is 428 g/mol. The highest BCUT2D eigenvalue weighted by atomic mass is 35.5. The summed E-state index contributed by atoms with van der Waals surface area (Å²) in [6.07, 6.45) is 3.49. The zero-order valence-corrected chi connectivity index (χ0v) is 16.7. The summed E-state index contributed by atoms with van der Waals surface area (Å²) in [4.78, 5) is 16.4. The van der Waals surface area contributed by atoms with Crippen LogP contribution in [0, 0.1) is 5.92 Å². The monoisotopic (exact) mass is 445 g/mol. The number of aromatic nitrogens is 1. The van der Waals surface area contributed by atoms with Crippen molar-refractivity contribution in [3.05, 3.63) is 47.7 Å². The lowest BCUT2D eigenvalue weighted by atomic mass is 9.97. The summed E-state index contributed by atoms with van der Waals surface area (Å²) < 4.78 is 55.4. The molecule has 1 amide bonds. The highest BCUT2D eigenvalue weighted by molar-refractivity contribution is 7.89. The van der Waals surface area contributed by atoms with Gasteiger partial charge in [0.15, 0.2) is 0 Å². The molecule has 11 heteroatoms. The summed E-state index contributed by atoms with van der Waals surface area (Å²) >= 11 is 5.88. The summed E-state index contributed by atoms with van der Waals surface area (Å²) in [5.41, 5.74) is 0.340. The molecule has 0 spiro atoms. The van der Waals surface area contributed by atoms with E-state index in [9.17, 15) is 22.0 Å². The van der Waals surface area contributed by atoms with Crippen molar-refractivity contribution in [1.82, 2.24) is 9.29 Å². The standard InChI is InChI=1S/C18H18ClF2N3O4S/c19-15-10-13(3-4-16(15)28-18(20)21)23-17(25)12-5-8-24(9-6-12)29(26,27)14-2-1-7-22-11-14/h1-4,7,10-12,18H,5-6,8-9H2,(H,23,25). The summed E-state index contributed by atoms with van der Waals surface area (Å²) in [6.45, 7) is -2.59. The Hall–Kier alpha value is -2.30. The Bertz CT molecular complexity index is 968. The van der Waals surface area contributed by atoms with Crippen LogP contribution in [0.15, 0.2) is 47.6 Å². The first-order chi connectivity index (χ1) is 13.8. The number of nitrogens with one attached hydrogen (secondary N) is 1. The number of halogens is 3. The van der Waals surface area contributed by atoms with Crippen LogP contribution in [0.5, 0.6) is 5.75 Å². The number of rotatable bonds is 6. The fourth-order valence-corrected chi connectivity index (χ4v) is 4.68. The largest absolute Gasteiger partial charge is 0.433 e. The number of hydrogen-bond acceptors (Lipinski definition) is 5. The molecule has 7 nitrogen and oxygen atoms in total. The van der Waals surface area contributed by atoms with Gasteiger partial charge in [-0.05, 0) is 43.2 Å². The number of carbonyl (C=O) groups is 1. The molecule has 156 valence electrons. The molecule has 0 aliphatic carbocycles. The number of pyridine rings is 1. The molecule has 1 aliphatic rings. The number of hydrogen-bond donors (Lipinski definition) is 1. The van der Waals surface area contributed by atoms with Crippen LogP contribution < -0.4 is 10.1 Å². The Morgan fingerprint density at radius 3 is 2.59 bits per heavy atom. The van der Waals surface area contributed by atoms with Crippen LogP contribution in [0.4, 0.5) is 14.5 Å². The van der Waals surface area contributed by atoms with Crippen LogP contribution in [-0.4, -0.2) is 43.3 Å². The molecule has 0 radical (unpaired) electrons. The first-order valence-electron chi connectivity index (χ1n) is 8.73. The van der Waals surface area contributed by atoms with E-state index >= 15 is 0 Å². The van der Waals surface area contributed by atoms with Crippen molar-refractivity contribution in [2.45, 2.75) is 24.3 Å². The number of alkyl halides is 2. The van der Waals surface area contributed by atoms with Crippen LogP contribution >= 0.6 is 11.6 Å². The van der Waals surface area contributed by atoms with E-state index in [1.807, 2.05) is 0 Å². The minimum Gasteiger partial charge on any atom is -0.433 e. The number of anilines is 1. The first-order valence-corrected chi connectivity index (χ1v) is 10.5. The third-order valence-electron chi connectivity index (χ3n) is 4.51. The van der Waals surface area contributed by atoms with Crippen molar-refractivity contribution < 1.29 is 26.7 Å². The summed E-state index contributed by atoms with van der Waals surface area (Å²) in [6, 6.07) is 7.00. The predicted octanol–water partition coefficient (Wildman–Crippen LogP) is 3.38. The maximum absolute atomic E-state index is 12.6. The van der Waals surface area contributed by atoms with Crippen molar-refractivity contribution >= 4 is 33.2 Å². The number of amides is 1. The van der Waals surface area contributed by atoms with Gasteiger partial charge >= 0.3 is 6.61 Å². The molecule has 2 heterocycles. The molecule has 3 rings (SSSR count). The van der Waals surface area contributed by atoms with Crippen LogP contribution in [0.3, 0.4) is 0 Å². The second-order valence-electron chi connectivity index (χ2n) is 6.38. The SMILES string of the molecule is O=C(Nc1ccc(OC(F)F)c(Cl)c1)C1CCN(S(=O)(=O)c2cccnc2)CC1. The van der Waals surface area contributed by atoms with Gasteiger partial charge in [0.1, 0.15) is 10.6 Å². The van der Waals surface area contributed by atoms with Crippen molar-refractivity contribution in [3.63, 3.8) is 0 Å². The molecule has 1 aliphatic heterocycles. The van der Waals surface area contributed by atoms with Gasteiger partial charge in [0.2, 0.25) is 15.9 Å². The van der Waals surface area contributed by atoms with Gasteiger partial charge in [-0.1, -0.05) is 11.6 Å². The second-order valence-corrected chi connectivity index (χ2v) is 8.73. The van der Waals surface area contributed by atoms with Gasteiger partial charge in [0, 0.05) is 37.1 Å². The normalized spacial score (nSPS) is 16.0. The molecule has 1 saturated heterocycles. The topological polar surface area (TPSA) is 88.6 Å². The lowest BCUT2D eigenvalue weighted by Gasteiger charge is -2.30. The second kappa shape index (κ2) is 9.02. The van der Waals surface area contributed by atoms with Gasteiger partial charge in [-0.3, -0.25) is 9.78 Å². The van der Waals surface area contributed by atoms with Crippen LogP contribution in [-0.2, 0) is 14.8 Å². The maximum atomic E-state index is 12.6. The fourth-order valence-electron chi connectivity index (χ4n) is 3.02. The number of carbonyl (C=O) groups excluding carboxylic acids is 1. The molecule has 1 fully saturated rings. The molecule has 0 unspecified atom stereocenters. The van der Waals surface area contributed by atoms with Crippen molar-refractivity contribution in [2.75, 3.05) is 18.4 Å². The summed E-state index contributed by atoms with van der Waals surface area (Å²) in [5.74, 6) is -0.860.